The highest BCUT2D eigenvalue weighted by atomic mass is 16.5. The van der Waals surface area contributed by atoms with Crippen molar-refractivity contribution in [1.29, 1.82) is 0 Å². The van der Waals surface area contributed by atoms with Crippen LogP contribution in [-0.4, -0.2) is 61.2 Å². The third-order valence-corrected chi connectivity index (χ3v) is 7.55. The van der Waals surface area contributed by atoms with Gasteiger partial charge in [-0.3, -0.25) is 9.69 Å². The number of hydrogen-bond donors (Lipinski definition) is 3. The van der Waals surface area contributed by atoms with Crippen LogP contribution in [0.1, 0.15) is 79.0 Å². The number of carbonyl (C=O) groups is 1. The molecule has 174 valence electrons. The van der Waals surface area contributed by atoms with Gasteiger partial charge in [0.05, 0.1) is 13.2 Å². The van der Waals surface area contributed by atoms with Crippen LogP contribution in [0.25, 0.3) is 10.9 Å². The first-order chi connectivity index (χ1) is 15.8. The predicted octanol–water partition coefficient (Wildman–Crippen LogP) is 3.92. The molecule has 2 aliphatic carbocycles. The van der Waals surface area contributed by atoms with Gasteiger partial charge in [0, 0.05) is 53.9 Å². The summed E-state index contributed by atoms with van der Waals surface area (Å²) in [6, 6.07) is 7.24. The van der Waals surface area contributed by atoms with E-state index < -0.39 is 0 Å². The van der Waals surface area contributed by atoms with Gasteiger partial charge in [0.15, 0.2) is 0 Å². The van der Waals surface area contributed by atoms with E-state index in [4.69, 9.17) is 4.74 Å². The number of H-pyrrole nitrogens is 1. The molecule has 1 unspecified atom stereocenters. The van der Waals surface area contributed by atoms with E-state index in [2.05, 4.69) is 32.7 Å². The molecule has 1 saturated carbocycles. The van der Waals surface area contributed by atoms with Gasteiger partial charge < -0.3 is 20.4 Å². The Bertz CT molecular complexity index is 912. The Kier molecular flexibility index (Phi) is 7.10. The largest absolute Gasteiger partial charge is 0.379 e. The van der Waals surface area contributed by atoms with Gasteiger partial charge in [0.1, 0.15) is 0 Å². The van der Waals surface area contributed by atoms with Crippen molar-refractivity contribution in [3.8, 4) is 0 Å². The Morgan fingerprint density at radius 1 is 1.09 bits per heavy atom. The average Bonchev–Trinajstić information content (AvgIpc) is 3.22. The summed E-state index contributed by atoms with van der Waals surface area (Å²) in [7, 11) is 0. The van der Waals surface area contributed by atoms with Crippen molar-refractivity contribution >= 4 is 16.8 Å². The number of nitrogens with one attached hydrogen (secondary N) is 3. The van der Waals surface area contributed by atoms with Gasteiger partial charge >= 0.3 is 0 Å². The first-order valence-electron chi connectivity index (χ1n) is 12.8. The summed E-state index contributed by atoms with van der Waals surface area (Å²) in [5.41, 5.74) is 4.71. The highest BCUT2D eigenvalue weighted by molar-refractivity contribution is 5.99. The topological polar surface area (TPSA) is 69.4 Å². The first-order valence-corrected chi connectivity index (χ1v) is 12.8. The molecule has 1 amide bonds. The molecule has 1 aromatic heterocycles. The van der Waals surface area contributed by atoms with Gasteiger partial charge in [0.25, 0.3) is 5.91 Å². The Hall–Kier alpha value is -1.89. The molecular weight excluding hydrogens is 400 g/mol. The van der Waals surface area contributed by atoms with Crippen molar-refractivity contribution in [2.24, 2.45) is 0 Å². The van der Waals surface area contributed by atoms with Crippen LogP contribution >= 0.6 is 0 Å². The molecule has 1 saturated heterocycles. The number of aromatic nitrogens is 1. The van der Waals surface area contributed by atoms with E-state index in [0.717, 1.165) is 56.8 Å². The molecule has 0 bridgehead atoms. The zero-order chi connectivity index (χ0) is 21.8. The van der Waals surface area contributed by atoms with Crippen molar-refractivity contribution in [2.45, 2.75) is 69.9 Å². The molecular formula is C26H38N4O2. The van der Waals surface area contributed by atoms with Crippen molar-refractivity contribution < 1.29 is 9.53 Å². The fourth-order valence-electron chi connectivity index (χ4n) is 5.76. The minimum absolute atomic E-state index is 0.0384. The molecule has 2 heterocycles. The Balaban J connectivity index is 1.22. The fraction of sp³-hybridized carbons (Fsp3) is 0.654. The molecule has 6 nitrogen and oxygen atoms in total. The van der Waals surface area contributed by atoms with E-state index in [1.165, 1.54) is 61.6 Å². The van der Waals surface area contributed by atoms with Gasteiger partial charge in [-0.15, -0.1) is 0 Å². The highest BCUT2D eigenvalue weighted by Gasteiger charge is 2.27. The van der Waals surface area contributed by atoms with Crippen LogP contribution in [0.5, 0.6) is 0 Å². The maximum atomic E-state index is 12.8. The number of ether oxygens (including phenoxy) is 1. The summed E-state index contributed by atoms with van der Waals surface area (Å²) in [5, 5.41) is 8.30. The number of morpholine rings is 1. The maximum Gasteiger partial charge on any atom is 0.251 e. The first kappa shape index (κ1) is 21.9. The fourth-order valence-corrected chi connectivity index (χ4v) is 5.76. The van der Waals surface area contributed by atoms with Crippen molar-refractivity contribution in [2.75, 3.05) is 39.4 Å². The summed E-state index contributed by atoms with van der Waals surface area (Å²) < 4.78 is 5.40. The third kappa shape index (κ3) is 5.03. The van der Waals surface area contributed by atoms with E-state index >= 15 is 0 Å². The van der Waals surface area contributed by atoms with Crippen molar-refractivity contribution in [3.63, 3.8) is 0 Å². The normalized spacial score (nSPS) is 22.7. The second kappa shape index (κ2) is 10.4. The lowest BCUT2D eigenvalue weighted by Gasteiger charge is -2.31. The quantitative estimate of drug-likeness (QED) is 0.573. The number of aromatic amines is 1. The lowest BCUT2D eigenvalue weighted by molar-refractivity contribution is 0.0374. The van der Waals surface area contributed by atoms with Gasteiger partial charge in [-0.25, -0.2) is 0 Å². The molecule has 1 aromatic carbocycles. The standard InChI is InChI=1S/C26H38N4O2/c31-26(27-12-5-13-30-14-16-32-17-15-30)19-10-11-23-22(18-19)21-8-4-9-24(25(21)29-23)28-20-6-2-1-3-7-20/h10-11,18,20,24,28-29H,1-9,12-17H2,(H,27,31). The number of amides is 1. The maximum absolute atomic E-state index is 12.8. The third-order valence-electron chi connectivity index (χ3n) is 7.55. The molecule has 3 N–H and O–H groups in total. The van der Waals surface area contributed by atoms with E-state index in [1.807, 2.05) is 6.07 Å². The molecule has 2 aromatic rings. The number of fused-ring (bicyclic) bond motifs is 3. The number of nitrogens with zero attached hydrogens (tertiary/aromatic N) is 1. The molecule has 1 aliphatic heterocycles. The lowest BCUT2D eigenvalue weighted by atomic mass is 9.89. The minimum atomic E-state index is 0.0384. The Morgan fingerprint density at radius 2 is 1.94 bits per heavy atom. The second-order valence-electron chi connectivity index (χ2n) is 9.79. The Labute approximate surface area is 191 Å². The van der Waals surface area contributed by atoms with Crippen LogP contribution in [0.2, 0.25) is 0 Å². The van der Waals surface area contributed by atoms with Gasteiger partial charge in [-0.1, -0.05) is 19.3 Å². The molecule has 0 spiro atoms. The molecule has 32 heavy (non-hydrogen) atoms. The van der Waals surface area contributed by atoms with E-state index in [-0.39, 0.29) is 5.91 Å². The molecule has 3 aliphatic rings. The summed E-state index contributed by atoms with van der Waals surface area (Å²) in [5.74, 6) is 0.0384. The van der Waals surface area contributed by atoms with Gasteiger partial charge in [-0.2, -0.15) is 0 Å². The average molecular weight is 439 g/mol. The van der Waals surface area contributed by atoms with Crippen LogP contribution in [0.3, 0.4) is 0 Å². The molecule has 6 heteroatoms. The molecule has 0 radical (unpaired) electrons. The number of benzene rings is 1. The summed E-state index contributed by atoms with van der Waals surface area (Å²) in [4.78, 5) is 18.9. The minimum Gasteiger partial charge on any atom is -0.379 e. The van der Waals surface area contributed by atoms with Crippen LogP contribution < -0.4 is 10.6 Å². The van der Waals surface area contributed by atoms with Crippen LogP contribution in [0.4, 0.5) is 0 Å². The number of hydrogen-bond acceptors (Lipinski definition) is 4. The highest BCUT2D eigenvalue weighted by Crippen LogP contribution is 2.36. The predicted molar refractivity (Wildman–Crippen MR) is 128 cm³/mol. The van der Waals surface area contributed by atoms with E-state index in [1.54, 1.807) is 0 Å². The van der Waals surface area contributed by atoms with Gasteiger partial charge in [-0.05, 0) is 68.8 Å². The zero-order valence-electron chi connectivity index (χ0n) is 19.3. The molecule has 2 fully saturated rings. The van der Waals surface area contributed by atoms with Crippen molar-refractivity contribution in [1.82, 2.24) is 20.5 Å². The smallest absolute Gasteiger partial charge is 0.251 e. The molecule has 5 rings (SSSR count). The van der Waals surface area contributed by atoms with Gasteiger partial charge in [0.2, 0.25) is 0 Å². The van der Waals surface area contributed by atoms with Crippen LogP contribution in [0.15, 0.2) is 18.2 Å². The summed E-state index contributed by atoms with van der Waals surface area (Å²) in [6.07, 6.45) is 11.2. The van der Waals surface area contributed by atoms with E-state index in [9.17, 15) is 4.79 Å². The monoisotopic (exact) mass is 438 g/mol. The number of rotatable bonds is 7. The van der Waals surface area contributed by atoms with E-state index in [0.29, 0.717) is 18.6 Å². The lowest BCUT2D eigenvalue weighted by Crippen LogP contribution is -2.38. The zero-order valence-corrected chi connectivity index (χ0v) is 19.3. The summed E-state index contributed by atoms with van der Waals surface area (Å²) >= 11 is 0. The Morgan fingerprint density at radius 3 is 2.78 bits per heavy atom. The summed E-state index contributed by atoms with van der Waals surface area (Å²) in [6.45, 7) is 5.38. The van der Waals surface area contributed by atoms with Crippen molar-refractivity contribution in [3.05, 3.63) is 35.0 Å². The van der Waals surface area contributed by atoms with Crippen LogP contribution in [0, 0.1) is 0 Å². The SMILES string of the molecule is O=C(NCCCN1CCOCC1)c1ccc2[nH]c3c(c2c1)CCCC3NC1CCCCC1. The second-order valence-corrected chi connectivity index (χ2v) is 9.79. The number of carbonyl (C=O) groups excluding carboxylic acids is 1. The number of aryl methyl sites for hydroxylation is 1. The van der Waals surface area contributed by atoms with Crippen LogP contribution in [-0.2, 0) is 11.2 Å². The molecule has 1 atom stereocenters.